The molecule has 2 N–H and O–H groups in total. The number of fused-ring (bicyclic) bond motifs is 1. The Morgan fingerprint density at radius 1 is 1.38 bits per heavy atom. The first-order valence-electron chi connectivity index (χ1n) is 5.46. The molecule has 1 aromatic carbocycles. The highest BCUT2D eigenvalue weighted by atomic mass is 16.5. The van der Waals surface area contributed by atoms with E-state index in [2.05, 4.69) is 0 Å². The zero-order valence-electron chi connectivity index (χ0n) is 8.81. The molecule has 0 saturated heterocycles. The molecule has 16 heavy (non-hydrogen) atoms. The highest BCUT2D eigenvalue weighted by molar-refractivity contribution is 5.93. The van der Waals surface area contributed by atoms with Crippen LogP contribution in [0.25, 0.3) is 0 Å². The SMILES string of the molecule is N[C@@H]1CC[C@H]1Oc1ccc2c(c1)COC2=O. The Balaban J connectivity index is 1.79. The molecule has 1 aromatic rings. The van der Waals surface area contributed by atoms with E-state index in [9.17, 15) is 4.79 Å². The minimum atomic E-state index is -0.248. The van der Waals surface area contributed by atoms with Gasteiger partial charge in [0.1, 0.15) is 18.5 Å². The molecule has 0 aromatic heterocycles. The standard InChI is InChI=1S/C12H13NO3/c13-10-3-4-11(10)16-8-1-2-9-7(5-8)6-15-12(9)14/h1-2,5,10-11H,3-4,6,13H2/t10-,11-/m1/s1. The molecular formula is C12H13NO3. The van der Waals surface area contributed by atoms with Gasteiger partial charge in [-0.2, -0.15) is 0 Å². The summed E-state index contributed by atoms with van der Waals surface area (Å²) in [5.74, 6) is 0.527. The van der Waals surface area contributed by atoms with Crippen molar-refractivity contribution in [3.63, 3.8) is 0 Å². The molecule has 2 aliphatic rings. The van der Waals surface area contributed by atoms with E-state index >= 15 is 0 Å². The maximum atomic E-state index is 11.2. The van der Waals surface area contributed by atoms with E-state index in [1.807, 2.05) is 6.07 Å². The summed E-state index contributed by atoms with van der Waals surface area (Å²) in [6, 6.07) is 5.57. The first kappa shape index (κ1) is 9.66. The second kappa shape index (κ2) is 3.49. The van der Waals surface area contributed by atoms with Gasteiger partial charge in [0.25, 0.3) is 0 Å². The minimum absolute atomic E-state index is 0.121. The Bertz CT molecular complexity index is 444. The van der Waals surface area contributed by atoms with E-state index in [1.165, 1.54) is 0 Å². The highest BCUT2D eigenvalue weighted by Crippen LogP contribution is 2.28. The number of rotatable bonds is 2. The number of benzene rings is 1. The van der Waals surface area contributed by atoms with Gasteiger partial charge in [0, 0.05) is 11.6 Å². The topological polar surface area (TPSA) is 61.6 Å². The average molecular weight is 219 g/mol. The third-order valence-electron chi connectivity index (χ3n) is 3.20. The van der Waals surface area contributed by atoms with Gasteiger partial charge in [0.15, 0.2) is 0 Å². The Morgan fingerprint density at radius 2 is 2.25 bits per heavy atom. The van der Waals surface area contributed by atoms with Crippen LogP contribution in [0, 0.1) is 0 Å². The number of esters is 1. The van der Waals surface area contributed by atoms with Gasteiger partial charge >= 0.3 is 5.97 Å². The molecule has 4 nitrogen and oxygen atoms in total. The zero-order chi connectivity index (χ0) is 11.1. The lowest BCUT2D eigenvalue weighted by atomic mass is 9.90. The van der Waals surface area contributed by atoms with Crippen molar-refractivity contribution in [3.8, 4) is 5.75 Å². The monoisotopic (exact) mass is 219 g/mol. The molecule has 4 heteroatoms. The van der Waals surface area contributed by atoms with Crippen LogP contribution in [0.5, 0.6) is 5.75 Å². The largest absolute Gasteiger partial charge is 0.489 e. The number of hydrogen-bond acceptors (Lipinski definition) is 4. The van der Waals surface area contributed by atoms with E-state index < -0.39 is 0 Å². The number of carbonyl (C=O) groups excluding carboxylic acids is 1. The van der Waals surface area contributed by atoms with Crippen LogP contribution < -0.4 is 10.5 Å². The third kappa shape index (κ3) is 1.46. The molecule has 0 amide bonds. The lowest BCUT2D eigenvalue weighted by Gasteiger charge is -2.33. The molecule has 2 atom stereocenters. The molecule has 0 spiro atoms. The molecule has 1 aliphatic heterocycles. The van der Waals surface area contributed by atoms with Crippen LogP contribution in [-0.4, -0.2) is 18.1 Å². The fourth-order valence-electron chi connectivity index (χ4n) is 2.00. The van der Waals surface area contributed by atoms with Crippen molar-refractivity contribution in [2.75, 3.05) is 0 Å². The highest BCUT2D eigenvalue weighted by Gasteiger charge is 2.30. The summed E-state index contributed by atoms with van der Waals surface area (Å²) in [4.78, 5) is 11.2. The molecule has 1 fully saturated rings. The van der Waals surface area contributed by atoms with Crippen molar-refractivity contribution in [1.29, 1.82) is 0 Å². The smallest absolute Gasteiger partial charge is 0.338 e. The van der Waals surface area contributed by atoms with E-state index in [-0.39, 0.29) is 18.1 Å². The molecule has 0 radical (unpaired) electrons. The van der Waals surface area contributed by atoms with E-state index in [4.69, 9.17) is 15.2 Å². The summed E-state index contributed by atoms with van der Waals surface area (Å²) < 4.78 is 10.7. The lowest BCUT2D eigenvalue weighted by Crippen LogP contribution is -2.47. The summed E-state index contributed by atoms with van der Waals surface area (Å²) in [5, 5.41) is 0. The summed E-state index contributed by atoms with van der Waals surface area (Å²) in [6.45, 7) is 0.349. The van der Waals surface area contributed by atoms with Crippen LogP contribution in [0.15, 0.2) is 18.2 Å². The maximum Gasteiger partial charge on any atom is 0.338 e. The molecule has 0 unspecified atom stereocenters. The number of ether oxygens (including phenoxy) is 2. The van der Waals surface area contributed by atoms with Crippen LogP contribution in [0.1, 0.15) is 28.8 Å². The van der Waals surface area contributed by atoms with Crippen LogP contribution in [0.3, 0.4) is 0 Å². The van der Waals surface area contributed by atoms with Crippen LogP contribution in [0.4, 0.5) is 0 Å². The van der Waals surface area contributed by atoms with Gasteiger partial charge in [-0.25, -0.2) is 4.79 Å². The molecule has 0 bridgehead atoms. The lowest BCUT2D eigenvalue weighted by molar-refractivity contribution is 0.0535. The fourth-order valence-corrected chi connectivity index (χ4v) is 2.00. The summed E-state index contributed by atoms with van der Waals surface area (Å²) >= 11 is 0. The molecule has 1 aliphatic carbocycles. The van der Waals surface area contributed by atoms with Gasteiger partial charge < -0.3 is 15.2 Å². The Hall–Kier alpha value is -1.55. The predicted molar refractivity (Wildman–Crippen MR) is 57.2 cm³/mol. The van der Waals surface area contributed by atoms with Crippen molar-refractivity contribution in [3.05, 3.63) is 29.3 Å². The number of nitrogens with two attached hydrogens (primary N) is 1. The molecule has 1 saturated carbocycles. The van der Waals surface area contributed by atoms with Gasteiger partial charge in [-0.3, -0.25) is 0 Å². The zero-order valence-corrected chi connectivity index (χ0v) is 8.81. The summed E-state index contributed by atoms with van der Waals surface area (Å²) in [5.41, 5.74) is 7.34. The minimum Gasteiger partial charge on any atom is -0.489 e. The van der Waals surface area contributed by atoms with Gasteiger partial charge in [-0.05, 0) is 31.0 Å². The van der Waals surface area contributed by atoms with Gasteiger partial charge in [0.2, 0.25) is 0 Å². The number of cyclic esters (lactones) is 1. The van der Waals surface area contributed by atoms with Crippen LogP contribution in [-0.2, 0) is 11.3 Å². The van der Waals surface area contributed by atoms with Crippen LogP contribution >= 0.6 is 0 Å². The van der Waals surface area contributed by atoms with Gasteiger partial charge in [-0.1, -0.05) is 0 Å². The molecular weight excluding hydrogens is 206 g/mol. The Labute approximate surface area is 93.3 Å². The van der Waals surface area contributed by atoms with Crippen molar-refractivity contribution in [1.82, 2.24) is 0 Å². The molecule has 84 valence electrons. The Morgan fingerprint density at radius 3 is 2.94 bits per heavy atom. The summed E-state index contributed by atoms with van der Waals surface area (Å²) in [6.07, 6.45) is 2.15. The first-order valence-corrected chi connectivity index (χ1v) is 5.46. The van der Waals surface area contributed by atoms with Gasteiger partial charge in [0.05, 0.1) is 5.56 Å². The average Bonchev–Trinajstić information content (AvgIpc) is 2.66. The fraction of sp³-hybridized carbons (Fsp3) is 0.417. The van der Waals surface area contributed by atoms with Gasteiger partial charge in [-0.15, -0.1) is 0 Å². The second-order valence-corrected chi connectivity index (χ2v) is 4.29. The second-order valence-electron chi connectivity index (χ2n) is 4.29. The molecule has 1 heterocycles. The number of carbonyl (C=O) groups is 1. The van der Waals surface area contributed by atoms with Crippen molar-refractivity contribution < 1.29 is 14.3 Å². The Kier molecular flexibility index (Phi) is 2.11. The van der Waals surface area contributed by atoms with Crippen molar-refractivity contribution >= 4 is 5.97 Å². The third-order valence-corrected chi connectivity index (χ3v) is 3.20. The maximum absolute atomic E-state index is 11.2. The molecule has 3 rings (SSSR count). The normalized spacial score (nSPS) is 26.9. The predicted octanol–water partition coefficient (Wildman–Crippen LogP) is 1.23. The van der Waals surface area contributed by atoms with Crippen molar-refractivity contribution in [2.45, 2.75) is 31.6 Å². The van der Waals surface area contributed by atoms with Crippen LogP contribution in [0.2, 0.25) is 0 Å². The van der Waals surface area contributed by atoms with Crippen molar-refractivity contribution in [2.24, 2.45) is 5.73 Å². The quantitative estimate of drug-likeness (QED) is 0.760. The first-order chi connectivity index (χ1) is 7.74. The van der Waals surface area contributed by atoms with E-state index in [1.54, 1.807) is 12.1 Å². The van der Waals surface area contributed by atoms with E-state index in [0.717, 1.165) is 24.2 Å². The number of hydrogen-bond donors (Lipinski definition) is 1. The van der Waals surface area contributed by atoms with E-state index in [0.29, 0.717) is 12.2 Å². The summed E-state index contributed by atoms with van der Waals surface area (Å²) in [7, 11) is 0.